The quantitative estimate of drug-likeness (QED) is 0.241. The summed E-state index contributed by atoms with van der Waals surface area (Å²) < 4.78 is 0. The molecule has 2 atom stereocenters. The lowest BCUT2D eigenvalue weighted by molar-refractivity contribution is 0.210. The van der Waals surface area contributed by atoms with Crippen molar-refractivity contribution in [2.24, 2.45) is 0 Å². The highest BCUT2D eigenvalue weighted by molar-refractivity contribution is 8.77. The molecule has 4 aliphatic rings. The molecule has 0 radical (unpaired) electrons. The maximum absolute atomic E-state index is 12.9. The summed E-state index contributed by atoms with van der Waals surface area (Å²) in [6.07, 6.45) is 15.0. The summed E-state index contributed by atoms with van der Waals surface area (Å²) in [5.41, 5.74) is 0. The van der Waals surface area contributed by atoms with E-state index in [1.54, 1.807) is 23.5 Å². The van der Waals surface area contributed by atoms with Gasteiger partial charge in [-0.1, -0.05) is 58.0 Å². The van der Waals surface area contributed by atoms with Crippen molar-refractivity contribution in [3.63, 3.8) is 0 Å². The van der Waals surface area contributed by atoms with Crippen molar-refractivity contribution in [1.29, 1.82) is 0 Å². The molecule has 0 aliphatic carbocycles. The van der Waals surface area contributed by atoms with Gasteiger partial charge in [0.2, 0.25) is 0 Å². The molecule has 2 unspecified atom stereocenters. The molecule has 4 aliphatic heterocycles. The molecule has 0 aromatic rings. The summed E-state index contributed by atoms with van der Waals surface area (Å²) in [4.78, 5) is 35.3. The SMILES string of the molecule is O=C(SCC(CN1CCCCC1)SSC(CSC(=O)N1CCCCC1)CN1CCCCC1)N1CCCCC1. The van der Waals surface area contributed by atoms with Crippen LogP contribution in [0.4, 0.5) is 9.59 Å². The van der Waals surface area contributed by atoms with Crippen LogP contribution in [0.25, 0.3) is 0 Å². The van der Waals surface area contributed by atoms with Gasteiger partial charge in [0.15, 0.2) is 0 Å². The fourth-order valence-electron chi connectivity index (χ4n) is 5.90. The number of nitrogens with zero attached hydrogens (tertiary/aromatic N) is 4. The minimum absolute atomic E-state index is 0.284. The third-order valence-corrected chi connectivity index (χ3v) is 14.0. The molecule has 6 nitrogen and oxygen atoms in total. The molecule has 0 N–H and O–H groups in total. The van der Waals surface area contributed by atoms with E-state index in [0.29, 0.717) is 10.5 Å². The number of thioether (sulfide) groups is 2. The van der Waals surface area contributed by atoms with Crippen LogP contribution in [-0.4, -0.2) is 118 Å². The van der Waals surface area contributed by atoms with Crippen LogP contribution < -0.4 is 0 Å². The van der Waals surface area contributed by atoms with Crippen molar-refractivity contribution < 1.29 is 9.59 Å². The Morgan fingerprint density at radius 1 is 0.474 bits per heavy atom. The highest BCUT2D eigenvalue weighted by atomic mass is 33.1. The second-order valence-corrected chi connectivity index (χ2v) is 16.2. The molecule has 0 spiro atoms. The summed E-state index contributed by atoms with van der Waals surface area (Å²) in [5, 5.41) is 1.44. The van der Waals surface area contributed by atoms with E-state index in [1.165, 1.54) is 77.5 Å². The first-order valence-corrected chi connectivity index (χ1v) is 19.5. The molecular weight excluding hydrogens is 553 g/mol. The van der Waals surface area contributed by atoms with E-state index in [4.69, 9.17) is 0 Å². The summed E-state index contributed by atoms with van der Waals surface area (Å²) >= 11 is 3.11. The monoisotopic (exact) mass is 602 g/mol. The minimum Gasteiger partial charge on any atom is -0.334 e. The molecular formula is C28H50N4O2S4. The van der Waals surface area contributed by atoms with Crippen molar-refractivity contribution >= 4 is 55.6 Å². The van der Waals surface area contributed by atoms with Crippen LogP contribution >= 0.6 is 45.1 Å². The van der Waals surface area contributed by atoms with E-state index >= 15 is 0 Å². The second-order valence-electron chi connectivity index (χ2n) is 11.4. The number of hydrogen-bond acceptors (Lipinski definition) is 8. The first kappa shape index (κ1) is 31.2. The van der Waals surface area contributed by atoms with Gasteiger partial charge in [0.05, 0.1) is 0 Å². The molecule has 0 aromatic heterocycles. The third-order valence-electron chi connectivity index (χ3n) is 8.16. The van der Waals surface area contributed by atoms with Crippen LogP contribution in [0, 0.1) is 0 Å². The number of amides is 2. The summed E-state index contributed by atoms with van der Waals surface area (Å²) in [6, 6.07) is 0. The van der Waals surface area contributed by atoms with Gasteiger partial charge in [-0.15, -0.1) is 0 Å². The highest BCUT2D eigenvalue weighted by Gasteiger charge is 2.26. The van der Waals surface area contributed by atoms with E-state index in [1.807, 2.05) is 21.6 Å². The fourth-order valence-corrected chi connectivity index (χ4v) is 11.5. The van der Waals surface area contributed by atoms with Crippen molar-refractivity contribution in [3.05, 3.63) is 0 Å². The standard InChI is InChI=1S/C28H50N4O2S4/c33-27(31-17-9-3-10-18-31)35-23-25(21-29-13-5-1-6-14-29)37-38-26(22-30-15-7-2-8-16-30)24-36-28(34)32-19-11-4-12-20-32/h25-26H,1-24H2. The number of carbonyl (C=O) groups excluding carboxylic acids is 2. The number of piperidine rings is 4. The average molecular weight is 603 g/mol. The molecule has 4 saturated heterocycles. The van der Waals surface area contributed by atoms with Gasteiger partial charge in [0.1, 0.15) is 0 Å². The van der Waals surface area contributed by atoms with Crippen molar-refractivity contribution in [1.82, 2.24) is 19.6 Å². The van der Waals surface area contributed by atoms with Gasteiger partial charge in [-0.2, -0.15) is 0 Å². The van der Waals surface area contributed by atoms with Crippen molar-refractivity contribution in [2.45, 2.75) is 87.5 Å². The van der Waals surface area contributed by atoms with E-state index in [-0.39, 0.29) is 10.5 Å². The van der Waals surface area contributed by atoms with Crippen LogP contribution in [0.15, 0.2) is 0 Å². The van der Waals surface area contributed by atoms with Gasteiger partial charge in [-0.25, -0.2) is 0 Å². The molecule has 0 aromatic carbocycles. The Labute approximate surface area is 248 Å². The first-order chi connectivity index (χ1) is 18.7. The average Bonchev–Trinajstić information content (AvgIpc) is 2.98. The Hall–Kier alpha value is 0.260. The fraction of sp³-hybridized carbons (Fsp3) is 0.929. The van der Waals surface area contributed by atoms with Crippen LogP contribution in [0.1, 0.15) is 77.0 Å². The lowest BCUT2D eigenvalue weighted by atomic mass is 10.1. The molecule has 0 bridgehead atoms. The van der Waals surface area contributed by atoms with Gasteiger partial charge in [-0.05, 0) is 90.4 Å². The molecule has 0 saturated carbocycles. The zero-order chi connectivity index (χ0) is 26.4. The zero-order valence-corrected chi connectivity index (χ0v) is 26.6. The number of carbonyl (C=O) groups is 2. The van der Waals surface area contributed by atoms with E-state index in [0.717, 1.165) is 76.5 Å². The van der Waals surface area contributed by atoms with Crippen molar-refractivity contribution in [2.75, 3.05) is 77.0 Å². The molecule has 4 heterocycles. The lowest BCUT2D eigenvalue weighted by Crippen LogP contribution is -2.38. The van der Waals surface area contributed by atoms with Crippen molar-refractivity contribution in [3.8, 4) is 0 Å². The Morgan fingerprint density at radius 3 is 1.13 bits per heavy atom. The van der Waals surface area contributed by atoms with Gasteiger partial charge < -0.3 is 19.6 Å². The smallest absolute Gasteiger partial charge is 0.281 e. The van der Waals surface area contributed by atoms with E-state index in [9.17, 15) is 9.59 Å². The zero-order valence-electron chi connectivity index (χ0n) is 23.4. The Balaban J connectivity index is 1.31. The van der Waals surface area contributed by atoms with Crippen LogP contribution in [0.2, 0.25) is 0 Å². The molecule has 4 rings (SSSR count). The van der Waals surface area contributed by atoms with Gasteiger partial charge in [-0.3, -0.25) is 9.59 Å². The van der Waals surface area contributed by atoms with Gasteiger partial charge >= 0.3 is 0 Å². The number of hydrogen-bond donors (Lipinski definition) is 0. The summed E-state index contributed by atoms with van der Waals surface area (Å²) in [7, 11) is 4.01. The molecule has 10 heteroatoms. The predicted molar refractivity (Wildman–Crippen MR) is 170 cm³/mol. The summed E-state index contributed by atoms with van der Waals surface area (Å²) in [6.45, 7) is 10.7. The largest absolute Gasteiger partial charge is 0.334 e. The van der Waals surface area contributed by atoms with Crippen LogP contribution in [0.3, 0.4) is 0 Å². The molecule has 218 valence electrons. The Kier molecular flexibility index (Phi) is 14.7. The normalized spacial score (nSPS) is 23.8. The maximum Gasteiger partial charge on any atom is 0.281 e. The number of likely N-dealkylation sites (tertiary alicyclic amines) is 4. The Bertz CT molecular complexity index is 636. The van der Waals surface area contributed by atoms with Gasteiger partial charge in [0, 0.05) is 61.3 Å². The van der Waals surface area contributed by atoms with Crippen LogP contribution in [-0.2, 0) is 0 Å². The maximum atomic E-state index is 12.9. The van der Waals surface area contributed by atoms with E-state index < -0.39 is 0 Å². The Morgan fingerprint density at radius 2 is 0.789 bits per heavy atom. The minimum atomic E-state index is 0.284. The topological polar surface area (TPSA) is 47.1 Å². The first-order valence-electron chi connectivity index (χ1n) is 15.3. The van der Waals surface area contributed by atoms with Gasteiger partial charge in [0.25, 0.3) is 10.5 Å². The highest BCUT2D eigenvalue weighted by Crippen LogP contribution is 2.37. The van der Waals surface area contributed by atoms with E-state index in [2.05, 4.69) is 19.6 Å². The predicted octanol–water partition coefficient (Wildman–Crippen LogP) is 6.76. The van der Waals surface area contributed by atoms with Crippen LogP contribution in [0.5, 0.6) is 0 Å². The molecule has 38 heavy (non-hydrogen) atoms. The second kappa shape index (κ2) is 17.9. The molecule has 4 fully saturated rings. The third kappa shape index (κ3) is 11.3. The number of rotatable bonds is 11. The summed E-state index contributed by atoms with van der Waals surface area (Å²) in [5.74, 6) is 1.78. The lowest BCUT2D eigenvalue weighted by Gasteiger charge is -2.33. The molecule has 2 amide bonds.